The summed E-state index contributed by atoms with van der Waals surface area (Å²) in [6.45, 7) is 1.34. The zero-order valence-corrected chi connectivity index (χ0v) is 15.9. The lowest BCUT2D eigenvalue weighted by molar-refractivity contribution is 0.281. The van der Waals surface area contributed by atoms with Crippen molar-refractivity contribution in [2.75, 3.05) is 18.5 Å². The van der Waals surface area contributed by atoms with Gasteiger partial charge in [-0.1, -0.05) is 18.2 Å². The van der Waals surface area contributed by atoms with Crippen molar-refractivity contribution in [3.8, 4) is 11.5 Å². The summed E-state index contributed by atoms with van der Waals surface area (Å²) < 4.78 is 11.7. The molecule has 0 saturated carbocycles. The van der Waals surface area contributed by atoms with Gasteiger partial charge in [0.25, 0.3) is 0 Å². The zero-order chi connectivity index (χ0) is 18.9. The van der Waals surface area contributed by atoms with Gasteiger partial charge in [0.05, 0.1) is 18.7 Å². The molecule has 0 aliphatic carbocycles. The average Bonchev–Trinajstić information content (AvgIpc) is 2.67. The molecule has 6 heteroatoms. The minimum absolute atomic E-state index is 0.245. The van der Waals surface area contributed by atoms with Crippen molar-refractivity contribution in [2.45, 2.75) is 19.3 Å². The summed E-state index contributed by atoms with van der Waals surface area (Å²) in [6.07, 6.45) is 4.76. The molecule has 0 aliphatic rings. The smallest absolute Gasteiger partial charge is 0.168 e. The summed E-state index contributed by atoms with van der Waals surface area (Å²) in [5.41, 5.74) is 7.27. The minimum atomic E-state index is 0.245. The van der Waals surface area contributed by atoms with Crippen molar-refractivity contribution in [2.24, 2.45) is 5.73 Å². The number of rotatable bonds is 9. The van der Waals surface area contributed by atoms with Gasteiger partial charge in [-0.15, -0.1) is 0 Å². The van der Waals surface area contributed by atoms with Crippen LogP contribution in [0.15, 0.2) is 60.8 Å². The van der Waals surface area contributed by atoms with Crippen LogP contribution in [0.2, 0.25) is 0 Å². The minimum Gasteiger partial charge on any atom is -0.494 e. The molecule has 0 saturated heterocycles. The Labute approximate surface area is 164 Å². The lowest BCUT2D eigenvalue weighted by Crippen LogP contribution is -2.18. The lowest BCUT2D eigenvalue weighted by Gasteiger charge is -2.10. The van der Waals surface area contributed by atoms with Crippen LogP contribution in [-0.2, 0) is 0 Å². The third-order valence-corrected chi connectivity index (χ3v) is 4.13. The Morgan fingerprint density at radius 2 is 1.78 bits per heavy atom. The molecule has 0 atom stereocenters. The van der Waals surface area contributed by atoms with Crippen LogP contribution < -0.4 is 20.5 Å². The first-order chi connectivity index (χ1) is 13.2. The molecule has 0 amide bonds. The van der Waals surface area contributed by atoms with Crippen molar-refractivity contribution in [1.82, 2.24) is 4.98 Å². The quantitative estimate of drug-likeness (QED) is 0.420. The normalized spacial score (nSPS) is 10.5. The van der Waals surface area contributed by atoms with Crippen LogP contribution in [0.4, 0.5) is 5.69 Å². The highest BCUT2D eigenvalue weighted by Crippen LogP contribution is 2.23. The summed E-state index contributed by atoms with van der Waals surface area (Å²) in [5, 5.41) is 4.19. The maximum Gasteiger partial charge on any atom is 0.168 e. The largest absolute Gasteiger partial charge is 0.494 e. The number of anilines is 1. The van der Waals surface area contributed by atoms with Gasteiger partial charge < -0.3 is 20.5 Å². The van der Waals surface area contributed by atoms with E-state index >= 15 is 0 Å². The van der Waals surface area contributed by atoms with E-state index in [0.29, 0.717) is 13.2 Å². The molecule has 0 fully saturated rings. The lowest BCUT2D eigenvalue weighted by atomic mass is 10.2. The van der Waals surface area contributed by atoms with Crippen molar-refractivity contribution < 1.29 is 9.47 Å². The molecule has 3 aromatic rings. The van der Waals surface area contributed by atoms with E-state index in [2.05, 4.69) is 10.3 Å². The van der Waals surface area contributed by atoms with E-state index < -0.39 is 0 Å². The fourth-order valence-electron chi connectivity index (χ4n) is 2.75. The summed E-state index contributed by atoms with van der Waals surface area (Å²) in [6, 6.07) is 17.5. The number of hydrogen-bond acceptors (Lipinski definition) is 4. The van der Waals surface area contributed by atoms with E-state index in [1.165, 1.54) is 0 Å². The number of pyridine rings is 1. The van der Waals surface area contributed by atoms with E-state index in [9.17, 15) is 0 Å². The van der Waals surface area contributed by atoms with E-state index in [-0.39, 0.29) is 5.11 Å². The topological polar surface area (TPSA) is 69.4 Å². The summed E-state index contributed by atoms with van der Waals surface area (Å²) in [5.74, 6) is 1.69. The van der Waals surface area contributed by atoms with Crippen molar-refractivity contribution in [3.05, 3.63) is 60.8 Å². The Morgan fingerprint density at radius 3 is 2.63 bits per heavy atom. The third-order valence-electron chi connectivity index (χ3n) is 4.03. The van der Waals surface area contributed by atoms with Crippen LogP contribution in [0.5, 0.6) is 11.5 Å². The van der Waals surface area contributed by atoms with Gasteiger partial charge in [0.15, 0.2) is 5.11 Å². The number of thiocarbonyl (C=S) groups is 1. The fraction of sp³-hybridized carbons (Fsp3) is 0.238. The predicted molar refractivity (Wildman–Crippen MR) is 113 cm³/mol. The Bertz CT molecular complexity index is 896. The Balaban J connectivity index is 1.36. The highest BCUT2D eigenvalue weighted by molar-refractivity contribution is 7.80. The third kappa shape index (κ3) is 5.82. The van der Waals surface area contributed by atoms with Crippen LogP contribution in [0, 0.1) is 0 Å². The molecule has 0 aliphatic heterocycles. The van der Waals surface area contributed by atoms with Gasteiger partial charge in [-0.05, 0) is 61.8 Å². The van der Waals surface area contributed by atoms with Gasteiger partial charge in [0.1, 0.15) is 11.5 Å². The van der Waals surface area contributed by atoms with Gasteiger partial charge >= 0.3 is 0 Å². The van der Waals surface area contributed by atoms with E-state index in [0.717, 1.165) is 47.4 Å². The number of para-hydroxylation sites is 1. The number of nitrogens with one attached hydrogen (secondary N) is 1. The molecular weight excluding hydrogens is 358 g/mol. The van der Waals surface area contributed by atoms with Crippen LogP contribution in [0.1, 0.15) is 19.3 Å². The number of fused-ring (bicyclic) bond motifs is 1. The summed E-state index contributed by atoms with van der Waals surface area (Å²) in [4.78, 5) is 4.35. The van der Waals surface area contributed by atoms with Gasteiger partial charge in [-0.3, -0.25) is 4.98 Å². The highest BCUT2D eigenvalue weighted by Gasteiger charge is 2.02. The first kappa shape index (κ1) is 18.9. The van der Waals surface area contributed by atoms with Crippen molar-refractivity contribution in [3.63, 3.8) is 0 Å². The maximum atomic E-state index is 5.92. The molecule has 0 spiro atoms. The molecule has 27 heavy (non-hydrogen) atoms. The average molecular weight is 382 g/mol. The Morgan fingerprint density at radius 1 is 0.963 bits per heavy atom. The van der Waals surface area contributed by atoms with E-state index in [1.54, 1.807) is 6.20 Å². The van der Waals surface area contributed by atoms with Gasteiger partial charge in [-0.2, -0.15) is 0 Å². The second-order valence-electron chi connectivity index (χ2n) is 6.10. The number of benzene rings is 2. The molecule has 140 valence electrons. The van der Waals surface area contributed by atoms with Crippen LogP contribution in [0.25, 0.3) is 10.9 Å². The van der Waals surface area contributed by atoms with Gasteiger partial charge in [-0.25, -0.2) is 0 Å². The molecule has 5 nitrogen and oxygen atoms in total. The first-order valence-corrected chi connectivity index (χ1v) is 9.39. The van der Waals surface area contributed by atoms with E-state index in [4.69, 9.17) is 27.4 Å². The number of nitrogens with zero attached hydrogens (tertiary/aromatic N) is 1. The van der Waals surface area contributed by atoms with Gasteiger partial charge in [0, 0.05) is 23.3 Å². The number of ether oxygens (including phenoxy) is 2. The van der Waals surface area contributed by atoms with Crippen molar-refractivity contribution >= 4 is 33.9 Å². The summed E-state index contributed by atoms with van der Waals surface area (Å²) >= 11 is 4.84. The number of hydrogen-bond donors (Lipinski definition) is 2. The van der Waals surface area contributed by atoms with Crippen molar-refractivity contribution in [1.29, 1.82) is 0 Å². The zero-order valence-electron chi connectivity index (χ0n) is 15.1. The molecule has 0 bridgehead atoms. The molecule has 1 heterocycles. The number of unbranched alkanes of at least 4 members (excludes halogenated alkanes) is 2. The Hall–Kier alpha value is -2.86. The Kier molecular flexibility index (Phi) is 6.82. The maximum absolute atomic E-state index is 5.92. The second-order valence-corrected chi connectivity index (χ2v) is 6.54. The summed E-state index contributed by atoms with van der Waals surface area (Å²) in [7, 11) is 0. The van der Waals surface area contributed by atoms with E-state index in [1.807, 2.05) is 54.6 Å². The number of nitrogens with two attached hydrogens (primary N) is 1. The standard InChI is InChI=1S/C21H23N3O2S/c22-21(27)24-16-7-6-8-17(15-16)25-13-4-1-5-14-26-20-11-12-23-19-10-3-2-9-18(19)20/h2-3,6-12,15H,1,4-5,13-14H2,(H3,22,24,27). The van der Waals surface area contributed by atoms with Gasteiger partial charge in [0.2, 0.25) is 0 Å². The first-order valence-electron chi connectivity index (χ1n) is 8.98. The molecule has 2 aromatic carbocycles. The van der Waals surface area contributed by atoms with Crippen LogP contribution in [0.3, 0.4) is 0 Å². The molecule has 1 aromatic heterocycles. The van der Waals surface area contributed by atoms with Crippen LogP contribution in [-0.4, -0.2) is 23.3 Å². The fourth-order valence-corrected chi connectivity index (χ4v) is 2.87. The molecule has 3 rings (SSSR count). The SMILES string of the molecule is NC(=S)Nc1cccc(OCCCCCOc2ccnc3ccccc23)c1. The predicted octanol–water partition coefficient (Wildman–Crippen LogP) is 4.52. The monoisotopic (exact) mass is 381 g/mol. The van der Waals surface area contributed by atoms with Crippen LogP contribution >= 0.6 is 12.2 Å². The molecule has 3 N–H and O–H groups in total. The molecule has 0 unspecified atom stereocenters. The highest BCUT2D eigenvalue weighted by atomic mass is 32.1. The molecular formula is C21H23N3O2S. The molecule has 0 radical (unpaired) electrons. The number of aromatic nitrogens is 1. The second kappa shape index (κ2) is 9.73.